The second-order valence-electron chi connectivity index (χ2n) is 7.02. The van der Waals surface area contributed by atoms with Crippen LogP contribution in [0.25, 0.3) is 0 Å². The molecule has 142 valence electrons. The molecule has 0 radical (unpaired) electrons. The highest BCUT2D eigenvalue weighted by molar-refractivity contribution is 5.79. The van der Waals surface area contributed by atoms with E-state index in [1.165, 1.54) is 0 Å². The topological polar surface area (TPSA) is 75.6 Å². The lowest BCUT2D eigenvalue weighted by Gasteiger charge is -2.25. The van der Waals surface area contributed by atoms with Gasteiger partial charge in [-0.15, -0.1) is 0 Å². The standard InChI is InChI=1S/C22H25NO4/c24-21(18-10-12-19(13-11-18)22(25)26)23-14-16-6-8-17(9-7-16)15-27-20-4-2-1-3-5-20/h1-9,18-19H,10-15H2,(H,23,24)(H,25,26). The SMILES string of the molecule is O=C(O)C1CCC(C(=O)NCc2ccc(COc3ccccc3)cc2)CC1. The third kappa shape index (κ3) is 5.58. The zero-order valence-corrected chi connectivity index (χ0v) is 15.3. The first kappa shape index (κ1) is 19.0. The second-order valence-corrected chi connectivity index (χ2v) is 7.02. The molecule has 1 saturated carbocycles. The lowest BCUT2D eigenvalue weighted by molar-refractivity contribution is -0.144. The predicted octanol–water partition coefficient (Wildman–Crippen LogP) is 3.77. The summed E-state index contributed by atoms with van der Waals surface area (Å²) in [5, 5.41) is 12.0. The van der Waals surface area contributed by atoms with E-state index in [4.69, 9.17) is 9.84 Å². The maximum absolute atomic E-state index is 12.3. The molecule has 0 heterocycles. The summed E-state index contributed by atoms with van der Waals surface area (Å²) in [6, 6.07) is 17.7. The summed E-state index contributed by atoms with van der Waals surface area (Å²) in [7, 11) is 0. The first-order valence-electron chi connectivity index (χ1n) is 9.38. The van der Waals surface area contributed by atoms with Crippen LogP contribution in [0.1, 0.15) is 36.8 Å². The molecule has 1 fully saturated rings. The number of para-hydroxylation sites is 1. The van der Waals surface area contributed by atoms with Crippen LogP contribution in [0.15, 0.2) is 54.6 Å². The second kappa shape index (κ2) is 9.21. The Labute approximate surface area is 159 Å². The first-order chi connectivity index (χ1) is 13.1. The lowest BCUT2D eigenvalue weighted by atomic mass is 9.81. The third-order valence-electron chi connectivity index (χ3n) is 5.09. The van der Waals surface area contributed by atoms with Crippen molar-refractivity contribution in [2.45, 2.75) is 38.8 Å². The molecule has 0 atom stereocenters. The Morgan fingerprint density at radius 1 is 0.889 bits per heavy atom. The predicted molar refractivity (Wildman–Crippen MR) is 102 cm³/mol. The molecule has 5 nitrogen and oxygen atoms in total. The molecule has 0 aromatic heterocycles. The fourth-order valence-electron chi connectivity index (χ4n) is 3.37. The van der Waals surface area contributed by atoms with Crippen LogP contribution in [0.4, 0.5) is 0 Å². The van der Waals surface area contributed by atoms with E-state index in [0.29, 0.717) is 38.8 Å². The molecule has 1 aliphatic rings. The van der Waals surface area contributed by atoms with E-state index in [1.54, 1.807) is 0 Å². The Bertz CT molecular complexity index is 750. The molecular formula is C22H25NO4. The molecular weight excluding hydrogens is 342 g/mol. The van der Waals surface area contributed by atoms with Gasteiger partial charge < -0.3 is 15.2 Å². The number of rotatable bonds is 7. The quantitative estimate of drug-likeness (QED) is 0.781. The van der Waals surface area contributed by atoms with Crippen LogP contribution in [-0.4, -0.2) is 17.0 Å². The first-order valence-corrected chi connectivity index (χ1v) is 9.38. The maximum Gasteiger partial charge on any atom is 0.306 e. The van der Waals surface area contributed by atoms with Crippen LogP contribution in [0, 0.1) is 11.8 Å². The number of ether oxygens (including phenoxy) is 1. The van der Waals surface area contributed by atoms with E-state index in [0.717, 1.165) is 16.9 Å². The number of benzene rings is 2. The highest BCUT2D eigenvalue weighted by Gasteiger charge is 2.29. The average Bonchev–Trinajstić information content (AvgIpc) is 2.72. The zero-order chi connectivity index (χ0) is 19.1. The average molecular weight is 367 g/mol. The summed E-state index contributed by atoms with van der Waals surface area (Å²) in [6.45, 7) is 0.987. The molecule has 0 saturated heterocycles. The normalized spacial score (nSPS) is 19.3. The van der Waals surface area contributed by atoms with E-state index in [2.05, 4.69) is 5.32 Å². The lowest BCUT2D eigenvalue weighted by Crippen LogP contribution is -2.34. The summed E-state index contributed by atoms with van der Waals surface area (Å²) in [6.07, 6.45) is 2.48. The number of amides is 1. The smallest absolute Gasteiger partial charge is 0.306 e. The Kier molecular flexibility index (Phi) is 6.47. The van der Waals surface area contributed by atoms with Gasteiger partial charge in [0.05, 0.1) is 5.92 Å². The van der Waals surface area contributed by atoms with Gasteiger partial charge in [0.2, 0.25) is 5.91 Å². The number of carbonyl (C=O) groups excluding carboxylic acids is 1. The summed E-state index contributed by atoms with van der Waals surface area (Å²) < 4.78 is 5.72. The summed E-state index contributed by atoms with van der Waals surface area (Å²) in [5.74, 6) is -0.245. The van der Waals surface area contributed by atoms with E-state index in [-0.39, 0.29) is 17.7 Å². The van der Waals surface area contributed by atoms with Crippen LogP contribution in [-0.2, 0) is 22.7 Å². The molecule has 0 bridgehead atoms. The summed E-state index contributed by atoms with van der Waals surface area (Å²) >= 11 is 0. The van der Waals surface area contributed by atoms with Crippen molar-refractivity contribution in [3.8, 4) is 5.75 Å². The minimum atomic E-state index is -0.745. The number of hydrogen-bond acceptors (Lipinski definition) is 3. The van der Waals surface area contributed by atoms with Crippen molar-refractivity contribution < 1.29 is 19.4 Å². The van der Waals surface area contributed by atoms with Gasteiger partial charge in [-0.2, -0.15) is 0 Å². The largest absolute Gasteiger partial charge is 0.489 e. The van der Waals surface area contributed by atoms with Gasteiger partial charge in [-0.05, 0) is 48.9 Å². The maximum atomic E-state index is 12.3. The monoisotopic (exact) mass is 367 g/mol. The zero-order valence-electron chi connectivity index (χ0n) is 15.3. The molecule has 0 unspecified atom stereocenters. The molecule has 0 spiro atoms. The molecule has 2 aromatic carbocycles. The van der Waals surface area contributed by atoms with Crippen molar-refractivity contribution in [3.05, 3.63) is 65.7 Å². The van der Waals surface area contributed by atoms with E-state index >= 15 is 0 Å². The Balaban J connectivity index is 1.42. The molecule has 0 aliphatic heterocycles. The minimum Gasteiger partial charge on any atom is -0.489 e. The number of carboxylic acids is 1. The molecule has 2 N–H and O–H groups in total. The number of hydrogen-bond donors (Lipinski definition) is 2. The fraction of sp³-hybridized carbons (Fsp3) is 0.364. The van der Waals surface area contributed by atoms with Crippen molar-refractivity contribution in [3.63, 3.8) is 0 Å². The molecule has 3 rings (SSSR count). The molecule has 2 aromatic rings. The highest BCUT2D eigenvalue weighted by Crippen LogP contribution is 2.29. The highest BCUT2D eigenvalue weighted by atomic mass is 16.5. The van der Waals surface area contributed by atoms with E-state index in [1.807, 2.05) is 54.6 Å². The van der Waals surface area contributed by atoms with Crippen LogP contribution >= 0.6 is 0 Å². The van der Waals surface area contributed by atoms with Crippen molar-refractivity contribution >= 4 is 11.9 Å². The van der Waals surface area contributed by atoms with Gasteiger partial charge in [0.1, 0.15) is 12.4 Å². The van der Waals surface area contributed by atoms with Gasteiger partial charge in [0, 0.05) is 12.5 Å². The fourth-order valence-corrected chi connectivity index (χ4v) is 3.37. The Hall–Kier alpha value is -2.82. The number of carboxylic acid groups (broad SMARTS) is 1. The molecule has 5 heteroatoms. The van der Waals surface area contributed by atoms with E-state index < -0.39 is 5.97 Å². The Morgan fingerprint density at radius 2 is 1.48 bits per heavy atom. The molecule has 1 amide bonds. The Morgan fingerprint density at radius 3 is 2.11 bits per heavy atom. The van der Waals surface area contributed by atoms with Gasteiger partial charge in [-0.3, -0.25) is 9.59 Å². The van der Waals surface area contributed by atoms with Crippen LogP contribution in [0.5, 0.6) is 5.75 Å². The third-order valence-corrected chi connectivity index (χ3v) is 5.09. The van der Waals surface area contributed by atoms with Gasteiger partial charge in [0.25, 0.3) is 0 Å². The van der Waals surface area contributed by atoms with Crippen molar-refractivity contribution in [2.24, 2.45) is 11.8 Å². The van der Waals surface area contributed by atoms with Gasteiger partial charge in [0.15, 0.2) is 0 Å². The summed E-state index contributed by atoms with van der Waals surface area (Å²) in [5.41, 5.74) is 2.10. The van der Waals surface area contributed by atoms with Gasteiger partial charge in [-0.25, -0.2) is 0 Å². The number of nitrogens with one attached hydrogen (secondary N) is 1. The molecule has 1 aliphatic carbocycles. The minimum absolute atomic E-state index is 0.0235. The number of aliphatic carboxylic acids is 1. The van der Waals surface area contributed by atoms with Crippen molar-refractivity contribution in [1.82, 2.24) is 5.32 Å². The van der Waals surface area contributed by atoms with Gasteiger partial charge in [-0.1, -0.05) is 42.5 Å². The van der Waals surface area contributed by atoms with Crippen LogP contribution < -0.4 is 10.1 Å². The van der Waals surface area contributed by atoms with Gasteiger partial charge >= 0.3 is 5.97 Å². The van der Waals surface area contributed by atoms with E-state index in [9.17, 15) is 9.59 Å². The van der Waals surface area contributed by atoms with Crippen LogP contribution in [0.2, 0.25) is 0 Å². The summed E-state index contributed by atoms with van der Waals surface area (Å²) in [4.78, 5) is 23.3. The van der Waals surface area contributed by atoms with Crippen molar-refractivity contribution in [2.75, 3.05) is 0 Å². The van der Waals surface area contributed by atoms with Crippen LogP contribution in [0.3, 0.4) is 0 Å². The van der Waals surface area contributed by atoms with Crippen molar-refractivity contribution in [1.29, 1.82) is 0 Å². The number of carbonyl (C=O) groups is 2. The molecule has 27 heavy (non-hydrogen) atoms.